The van der Waals surface area contributed by atoms with Crippen LogP contribution in [0.3, 0.4) is 0 Å². The fraction of sp³-hybridized carbons (Fsp3) is 0.652. The highest BCUT2D eigenvalue weighted by Crippen LogP contribution is 2.66. The van der Waals surface area contributed by atoms with E-state index in [1.807, 2.05) is 12.4 Å². The largest absolute Gasteiger partial charge is 0.393 e. The van der Waals surface area contributed by atoms with Gasteiger partial charge in [0.05, 0.1) is 18.0 Å². The summed E-state index contributed by atoms with van der Waals surface area (Å²) in [4.78, 5) is 8.93. The maximum absolute atomic E-state index is 10.1. The monoisotopic (exact) mass is 350 g/mol. The van der Waals surface area contributed by atoms with Crippen LogP contribution in [0.1, 0.15) is 64.5 Å². The van der Waals surface area contributed by atoms with Crippen molar-refractivity contribution in [2.45, 2.75) is 64.9 Å². The second-order valence-corrected chi connectivity index (χ2v) is 9.56. The van der Waals surface area contributed by atoms with Gasteiger partial charge in [0.15, 0.2) is 0 Å². The maximum atomic E-state index is 10.1. The van der Waals surface area contributed by atoms with Crippen molar-refractivity contribution in [3.05, 3.63) is 42.0 Å². The van der Waals surface area contributed by atoms with Gasteiger partial charge in [-0.3, -0.25) is 9.97 Å². The number of hydrogen-bond donors (Lipinski definition) is 1. The molecule has 0 unspecified atom stereocenters. The fourth-order valence-electron chi connectivity index (χ4n) is 7.04. The zero-order valence-corrected chi connectivity index (χ0v) is 16.0. The predicted molar refractivity (Wildman–Crippen MR) is 103 cm³/mol. The topological polar surface area (TPSA) is 46.0 Å². The summed E-state index contributed by atoms with van der Waals surface area (Å²) in [5.74, 6) is 2.27. The third-order valence-electron chi connectivity index (χ3n) is 8.50. The van der Waals surface area contributed by atoms with Crippen LogP contribution in [-0.2, 0) is 0 Å². The molecule has 1 N–H and O–H groups in total. The van der Waals surface area contributed by atoms with E-state index in [2.05, 4.69) is 36.0 Å². The molecule has 3 nitrogen and oxygen atoms in total. The van der Waals surface area contributed by atoms with Crippen molar-refractivity contribution in [2.24, 2.45) is 28.6 Å². The van der Waals surface area contributed by atoms with Gasteiger partial charge in [-0.1, -0.05) is 31.6 Å². The average molecular weight is 351 g/mol. The van der Waals surface area contributed by atoms with Gasteiger partial charge in [-0.25, -0.2) is 0 Å². The molecule has 6 atom stereocenters. The highest BCUT2D eigenvalue weighted by molar-refractivity contribution is 5.70. The Morgan fingerprint density at radius 1 is 1.00 bits per heavy atom. The van der Waals surface area contributed by atoms with Gasteiger partial charge in [-0.05, 0) is 79.1 Å². The first-order valence-corrected chi connectivity index (χ1v) is 10.4. The molecule has 26 heavy (non-hydrogen) atoms. The summed E-state index contributed by atoms with van der Waals surface area (Å²) in [6.45, 7) is 4.98. The van der Waals surface area contributed by atoms with Gasteiger partial charge in [-0.2, -0.15) is 0 Å². The van der Waals surface area contributed by atoms with Crippen LogP contribution in [0.2, 0.25) is 0 Å². The number of fused-ring (bicyclic) bond motifs is 5. The summed E-state index contributed by atoms with van der Waals surface area (Å²) in [5.41, 5.74) is 4.63. The summed E-state index contributed by atoms with van der Waals surface area (Å²) in [6.07, 6.45) is 18.4. The first-order chi connectivity index (χ1) is 12.5. The standard InChI is InChI=1S/C23H30N2O/c1-22-9-7-16(26)13-15(22)3-4-17-18-5-6-20(21-14-24-11-12-25-21)23(18,2)10-8-19(17)22/h3,6,11-12,14,16-19,26H,4-5,7-10,13H2,1-2H3/t16-,17-,18-,19-,22-,23-/m0/s1. The SMILES string of the molecule is C[C@]12CC[C@H](O)CC1=CC[C@@H]1[C@@H]2CC[C@]2(C)C(c3cnccn3)=CC[C@@H]12. The lowest BCUT2D eigenvalue weighted by atomic mass is 9.47. The van der Waals surface area contributed by atoms with E-state index in [-0.39, 0.29) is 11.5 Å². The van der Waals surface area contributed by atoms with Crippen LogP contribution in [-0.4, -0.2) is 21.2 Å². The van der Waals surface area contributed by atoms with Crippen molar-refractivity contribution in [3.8, 4) is 0 Å². The van der Waals surface area contributed by atoms with E-state index in [1.165, 1.54) is 31.3 Å². The van der Waals surface area contributed by atoms with Gasteiger partial charge in [-0.15, -0.1) is 0 Å². The van der Waals surface area contributed by atoms with Crippen molar-refractivity contribution >= 4 is 5.57 Å². The summed E-state index contributed by atoms with van der Waals surface area (Å²) in [6, 6.07) is 0. The van der Waals surface area contributed by atoms with Gasteiger partial charge in [0, 0.05) is 12.4 Å². The molecule has 138 valence electrons. The molecule has 3 heteroatoms. The molecular weight excluding hydrogens is 320 g/mol. The molecule has 1 heterocycles. The minimum Gasteiger partial charge on any atom is -0.393 e. The maximum Gasteiger partial charge on any atom is 0.0847 e. The molecule has 0 spiro atoms. The lowest BCUT2D eigenvalue weighted by Crippen LogP contribution is -2.49. The van der Waals surface area contributed by atoms with Gasteiger partial charge >= 0.3 is 0 Å². The highest BCUT2D eigenvalue weighted by Gasteiger charge is 2.56. The van der Waals surface area contributed by atoms with Crippen molar-refractivity contribution in [2.75, 3.05) is 0 Å². The molecule has 0 amide bonds. The minimum atomic E-state index is -0.115. The number of rotatable bonds is 1. The molecule has 1 aromatic rings. The zero-order valence-electron chi connectivity index (χ0n) is 16.0. The van der Waals surface area contributed by atoms with Crippen molar-refractivity contribution in [3.63, 3.8) is 0 Å². The third-order valence-corrected chi connectivity index (χ3v) is 8.50. The summed E-state index contributed by atoms with van der Waals surface area (Å²) in [5, 5.41) is 10.1. The van der Waals surface area contributed by atoms with Crippen LogP contribution in [0.25, 0.3) is 5.57 Å². The van der Waals surface area contributed by atoms with E-state index >= 15 is 0 Å². The normalized spacial score (nSPS) is 44.4. The first kappa shape index (κ1) is 16.7. The van der Waals surface area contributed by atoms with Crippen LogP contribution in [0.5, 0.6) is 0 Å². The van der Waals surface area contributed by atoms with E-state index in [1.54, 1.807) is 11.8 Å². The second-order valence-electron chi connectivity index (χ2n) is 9.56. The Morgan fingerprint density at radius 2 is 1.85 bits per heavy atom. The Labute approximate surface area is 156 Å². The Balaban J connectivity index is 1.48. The zero-order chi connectivity index (χ0) is 17.9. The summed E-state index contributed by atoms with van der Waals surface area (Å²) in [7, 11) is 0. The molecule has 4 aliphatic rings. The average Bonchev–Trinajstić information content (AvgIpc) is 3.00. The number of nitrogens with zero attached hydrogens (tertiary/aromatic N) is 2. The Kier molecular flexibility index (Phi) is 3.69. The number of aromatic nitrogens is 2. The quantitative estimate of drug-likeness (QED) is 0.741. The molecule has 0 saturated heterocycles. The molecule has 2 saturated carbocycles. The van der Waals surface area contributed by atoms with Crippen LogP contribution in [0.4, 0.5) is 0 Å². The molecule has 4 aliphatic carbocycles. The molecule has 0 bridgehead atoms. The van der Waals surface area contributed by atoms with E-state index in [0.29, 0.717) is 5.41 Å². The number of hydrogen-bond acceptors (Lipinski definition) is 3. The van der Waals surface area contributed by atoms with E-state index in [9.17, 15) is 5.11 Å². The Morgan fingerprint density at radius 3 is 2.65 bits per heavy atom. The van der Waals surface area contributed by atoms with Gasteiger partial charge in [0.1, 0.15) is 0 Å². The molecular formula is C23H30N2O. The first-order valence-electron chi connectivity index (χ1n) is 10.4. The molecule has 2 fully saturated rings. The van der Waals surface area contributed by atoms with E-state index in [4.69, 9.17) is 0 Å². The summed E-state index contributed by atoms with van der Waals surface area (Å²) >= 11 is 0. The van der Waals surface area contributed by atoms with Crippen molar-refractivity contribution < 1.29 is 5.11 Å². The summed E-state index contributed by atoms with van der Waals surface area (Å²) < 4.78 is 0. The highest BCUT2D eigenvalue weighted by atomic mass is 16.3. The van der Waals surface area contributed by atoms with Crippen LogP contribution in [0, 0.1) is 28.6 Å². The number of allylic oxidation sites excluding steroid dienone is 3. The van der Waals surface area contributed by atoms with E-state index < -0.39 is 0 Å². The Hall–Kier alpha value is -1.48. The van der Waals surface area contributed by atoms with Crippen molar-refractivity contribution in [1.29, 1.82) is 0 Å². The number of aliphatic hydroxyl groups excluding tert-OH is 1. The smallest absolute Gasteiger partial charge is 0.0847 e. The molecule has 0 aliphatic heterocycles. The Bertz CT molecular complexity index is 770. The molecule has 0 radical (unpaired) electrons. The van der Waals surface area contributed by atoms with Gasteiger partial charge in [0.25, 0.3) is 0 Å². The van der Waals surface area contributed by atoms with Crippen molar-refractivity contribution in [1.82, 2.24) is 9.97 Å². The lowest BCUT2D eigenvalue weighted by Gasteiger charge is -2.57. The van der Waals surface area contributed by atoms with Gasteiger partial charge < -0.3 is 5.11 Å². The molecule has 5 rings (SSSR count). The van der Waals surface area contributed by atoms with Gasteiger partial charge in [0.2, 0.25) is 0 Å². The number of aliphatic hydroxyl groups is 1. The third kappa shape index (κ3) is 2.22. The molecule has 0 aromatic carbocycles. The predicted octanol–water partition coefficient (Wildman–Crippen LogP) is 4.79. The minimum absolute atomic E-state index is 0.115. The lowest BCUT2D eigenvalue weighted by molar-refractivity contribution is -0.0238. The fourth-order valence-corrected chi connectivity index (χ4v) is 7.04. The van der Waals surface area contributed by atoms with Crippen LogP contribution in [0.15, 0.2) is 36.3 Å². The molecule has 1 aromatic heterocycles. The second kappa shape index (κ2) is 5.76. The van der Waals surface area contributed by atoms with E-state index in [0.717, 1.165) is 42.7 Å². The van der Waals surface area contributed by atoms with Crippen LogP contribution < -0.4 is 0 Å². The van der Waals surface area contributed by atoms with Crippen LogP contribution >= 0.6 is 0 Å².